The van der Waals surface area contributed by atoms with Crippen LogP contribution in [0.3, 0.4) is 0 Å². The highest BCUT2D eigenvalue weighted by molar-refractivity contribution is 6.30. The van der Waals surface area contributed by atoms with Crippen molar-refractivity contribution >= 4 is 11.6 Å². The summed E-state index contributed by atoms with van der Waals surface area (Å²) in [5.74, 6) is 0. The summed E-state index contributed by atoms with van der Waals surface area (Å²) in [5, 5.41) is 9.73. The Bertz CT molecular complexity index is 605. The van der Waals surface area contributed by atoms with Gasteiger partial charge in [0.25, 0.3) is 0 Å². The van der Waals surface area contributed by atoms with Gasteiger partial charge in [0.2, 0.25) is 0 Å². The summed E-state index contributed by atoms with van der Waals surface area (Å²) in [6, 6.07) is 13.6. The molecule has 0 saturated heterocycles. The third-order valence-corrected chi connectivity index (χ3v) is 3.34. The van der Waals surface area contributed by atoms with Crippen LogP contribution < -0.4 is 0 Å². The van der Waals surface area contributed by atoms with Crippen molar-refractivity contribution in [1.82, 2.24) is 9.88 Å². The normalized spacial score (nSPS) is 10.5. The van der Waals surface area contributed by atoms with E-state index in [1.807, 2.05) is 43.6 Å². The zero-order valence-corrected chi connectivity index (χ0v) is 12.1. The van der Waals surface area contributed by atoms with Crippen LogP contribution >= 0.6 is 11.6 Å². The lowest BCUT2D eigenvalue weighted by Crippen LogP contribution is -2.21. The maximum absolute atomic E-state index is 9.13. The fraction of sp³-hybridized carbons (Fsp3) is 0.250. The molecule has 0 amide bonds. The average Bonchev–Trinajstić information content (AvgIpc) is 2.48. The summed E-state index contributed by atoms with van der Waals surface area (Å²) < 4.78 is 0. The monoisotopic (exact) mass is 285 g/mol. The largest absolute Gasteiger partial charge is 0.302 e. The van der Waals surface area contributed by atoms with Crippen LogP contribution in [0.5, 0.6) is 0 Å². The second kappa shape index (κ2) is 7.04. The molecule has 0 unspecified atom stereocenters. The van der Waals surface area contributed by atoms with Crippen LogP contribution in [0.15, 0.2) is 42.6 Å². The Morgan fingerprint density at radius 2 is 2.15 bits per heavy atom. The van der Waals surface area contributed by atoms with Gasteiger partial charge in [0.1, 0.15) is 0 Å². The number of hydrogen-bond donors (Lipinski definition) is 0. The number of rotatable bonds is 5. The topological polar surface area (TPSA) is 39.9 Å². The van der Waals surface area contributed by atoms with E-state index in [0.717, 1.165) is 30.8 Å². The van der Waals surface area contributed by atoms with E-state index < -0.39 is 0 Å². The Morgan fingerprint density at radius 1 is 1.30 bits per heavy atom. The van der Waals surface area contributed by atoms with Crippen LogP contribution in [0.25, 0.3) is 0 Å². The van der Waals surface area contributed by atoms with E-state index in [9.17, 15) is 0 Å². The van der Waals surface area contributed by atoms with Crippen LogP contribution in [0, 0.1) is 11.3 Å². The van der Waals surface area contributed by atoms with Gasteiger partial charge in [-0.3, -0.25) is 4.98 Å². The number of nitriles is 1. The molecule has 2 rings (SSSR count). The van der Waals surface area contributed by atoms with Gasteiger partial charge in [-0.15, -0.1) is 0 Å². The highest BCUT2D eigenvalue weighted by atomic mass is 35.5. The van der Waals surface area contributed by atoms with Crippen molar-refractivity contribution in [2.24, 2.45) is 0 Å². The lowest BCUT2D eigenvalue weighted by Gasteiger charge is -2.17. The molecular formula is C16H16ClN3. The Kier molecular flexibility index (Phi) is 5.11. The maximum atomic E-state index is 9.13. The Balaban J connectivity index is 1.95. The van der Waals surface area contributed by atoms with E-state index in [1.165, 1.54) is 0 Å². The summed E-state index contributed by atoms with van der Waals surface area (Å²) in [6.07, 6.45) is 2.70. The van der Waals surface area contributed by atoms with E-state index in [1.54, 1.807) is 6.07 Å². The van der Waals surface area contributed by atoms with E-state index in [0.29, 0.717) is 10.6 Å². The molecule has 1 aromatic carbocycles. The van der Waals surface area contributed by atoms with Crippen LogP contribution in [0.1, 0.15) is 16.8 Å². The molecule has 0 spiro atoms. The first-order valence-electron chi connectivity index (χ1n) is 6.46. The molecule has 0 aliphatic heterocycles. The molecule has 0 aliphatic rings. The van der Waals surface area contributed by atoms with Gasteiger partial charge in [0.15, 0.2) is 0 Å². The smallest absolute Gasteiger partial charge is 0.0995 e. The molecule has 102 valence electrons. The minimum absolute atomic E-state index is 0.599. The first kappa shape index (κ1) is 14.5. The number of benzene rings is 1. The van der Waals surface area contributed by atoms with Crippen LogP contribution in [-0.2, 0) is 13.0 Å². The van der Waals surface area contributed by atoms with Gasteiger partial charge >= 0.3 is 0 Å². The van der Waals surface area contributed by atoms with Gasteiger partial charge in [-0.1, -0.05) is 23.7 Å². The van der Waals surface area contributed by atoms with Crippen LogP contribution in [0.2, 0.25) is 5.02 Å². The predicted molar refractivity (Wildman–Crippen MR) is 80.4 cm³/mol. The molecule has 0 fully saturated rings. The second-order valence-electron chi connectivity index (χ2n) is 4.72. The highest BCUT2D eigenvalue weighted by Crippen LogP contribution is 2.16. The maximum Gasteiger partial charge on any atom is 0.0995 e. The summed E-state index contributed by atoms with van der Waals surface area (Å²) >= 11 is 5.90. The first-order chi connectivity index (χ1) is 9.69. The van der Waals surface area contributed by atoms with Gasteiger partial charge < -0.3 is 4.90 Å². The number of likely N-dealkylation sites (N-methyl/N-ethyl adjacent to an activating group) is 1. The van der Waals surface area contributed by atoms with Crippen molar-refractivity contribution in [2.75, 3.05) is 13.6 Å². The predicted octanol–water partition coefficient (Wildman–Crippen LogP) is 3.28. The van der Waals surface area contributed by atoms with Crippen molar-refractivity contribution in [1.29, 1.82) is 5.26 Å². The van der Waals surface area contributed by atoms with Crippen molar-refractivity contribution in [2.45, 2.75) is 13.0 Å². The number of hydrogen-bond acceptors (Lipinski definition) is 3. The van der Waals surface area contributed by atoms with Gasteiger partial charge in [0, 0.05) is 36.4 Å². The molecule has 0 bridgehead atoms. The number of aromatic nitrogens is 1. The third kappa shape index (κ3) is 4.06. The molecule has 1 aromatic heterocycles. The van der Waals surface area contributed by atoms with Crippen LogP contribution in [-0.4, -0.2) is 23.5 Å². The second-order valence-corrected chi connectivity index (χ2v) is 5.16. The molecule has 1 heterocycles. The minimum atomic E-state index is 0.599. The van der Waals surface area contributed by atoms with Crippen molar-refractivity contribution < 1.29 is 0 Å². The van der Waals surface area contributed by atoms with Gasteiger partial charge in [0.05, 0.1) is 11.6 Å². The third-order valence-electron chi connectivity index (χ3n) is 3.11. The number of pyridine rings is 1. The first-order valence-corrected chi connectivity index (χ1v) is 6.84. The van der Waals surface area contributed by atoms with Crippen molar-refractivity contribution in [3.63, 3.8) is 0 Å². The van der Waals surface area contributed by atoms with Gasteiger partial charge in [-0.2, -0.15) is 5.26 Å². The molecule has 0 aliphatic carbocycles. The Labute approximate surface area is 124 Å². The quantitative estimate of drug-likeness (QED) is 0.846. The number of halogens is 1. The molecule has 0 atom stereocenters. The Morgan fingerprint density at radius 3 is 2.85 bits per heavy atom. The number of nitrogens with zero attached hydrogens (tertiary/aromatic N) is 3. The molecule has 0 saturated carbocycles. The summed E-state index contributed by atoms with van der Waals surface area (Å²) in [4.78, 5) is 6.49. The molecule has 20 heavy (non-hydrogen) atoms. The standard InChI is InChI=1S/C16H16ClN3/c1-20(9-7-16-4-2-3-8-19-16)12-13-5-6-15(17)10-14(13)11-18/h2-6,8,10H,7,9,12H2,1H3. The van der Waals surface area contributed by atoms with Gasteiger partial charge in [-0.05, 0) is 36.9 Å². The summed E-state index contributed by atoms with van der Waals surface area (Å²) in [7, 11) is 2.04. The molecule has 4 heteroatoms. The van der Waals surface area contributed by atoms with Crippen LogP contribution in [0.4, 0.5) is 0 Å². The molecule has 2 aromatic rings. The van der Waals surface area contributed by atoms with Crippen molar-refractivity contribution in [3.8, 4) is 6.07 Å². The van der Waals surface area contributed by atoms with E-state index in [-0.39, 0.29) is 0 Å². The zero-order valence-electron chi connectivity index (χ0n) is 11.4. The average molecular weight is 286 g/mol. The molecule has 3 nitrogen and oxygen atoms in total. The zero-order chi connectivity index (χ0) is 14.4. The fourth-order valence-corrected chi connectivity index (χ4v) is 2.18. The highest BCUT2D eigenvalue weighted by Gasteiger charge is 2.07. The summed E-state index contributed by atoms with van der Waals surface area (Å²) in [6.45, 7) is 1.62. The summed E-state index contributed by atoms with van der Waals surface area (Å²) in [5.41, 5.74) is 2.72. The fourth-order valence-electron chi connectivity index (χ4n) is 2.01. The molecular weight excluding hydrogens is 270 g/mol. The molecule has 0 radical (unpaired) electrons. The van der Waals surface area contributed by atoms with Crippen molar-refractivity contribution in [3.05, 3.63) is 64.4 Å². The minimum Gasteiger partial charge on any atom is -0.302 e. The van der Waals surface area contributed by atoms with E-state index in [2.05, 4.69) is 16.0 Å². The SMILES string of the molecule is CN(CCc1ccccn1)Cc1ccc(Cl)cc1C#N. The Hall–Kier alpha value is -1.89. The van der Waals surface area contributed by atoms with E-state index >= 15 is 0 Å². The molecule has 0 N–H and O–H groups in total. The van der Waals surface area contributed by atoms with E-state index in [4.69, 9.17) is 16.9 Å². The van der Waals surface area contributed by atoms with Gasteiger partial charge in [-0.25, -0.2) is 0 Å². The lowest BCUT2D eigenvalue weighted by atomic mass is 10.1. The lowest BCUT2D eigenvalue weighted by molar-refractivity contribution is 0.330.